The van der Waals surface area contributed by atoms with E-state index in [-0.39, 0.29) is 0 Å². The van der Waals surface area contributed by atoms with Crippen molar-refractivity contribution in [1.29, 1.82) is 0 Å². The summed E-state index contributed by atoms with van der Waals surface area (Å²) in [6.45, 7) is 2.22. The van der Waals surface area contributed by atoms with Crippen molar-refractivity contribution in [2.24, 2.45) is 0 Å². The zero-order valence-electron chi connectivity index (χ0n) is 13.1. The maximum absolute atomic E-state index is 4.77. The Morgan fingerprint density at radius 2 is 1.62 bits per heavy atom. The first kappa shape index (κ1) is 14.3. The van der Waals surface area contributed by atoms with Crippen LogP contribution in [0.1, 0.15) is 5.56 Å². The quantitative estimate of drug-likeness (QED) is 0.615. The number of aryl methyl sites for hydroxylation is 1. The van der Waals surface area contributed by atoms with Gasteiger partial charge in [0.1, 0.15) is 0 Å². The van der Waals surface area contributed by atoms with Crippen molar-refractivity contribution in [1.82, 2.24) is 4.98 Å². The van der Waals surface area contributed by atoms with E-state index in [1.54, 1.807) is 0 Å². The molecule has 3 rings (SSSR count). The van der Waals surface area contributed by atoms with Crippen LogP contribution in [0, 0.1) is 6.92 Å². The predicted octanol–water partition coefficient (Wildman–Crippen LogP) is 4.76. The van der Waals surface area contributed by atoms with Gasteiger partial charge in [0.2, 0.25) is 0 Å². The van der Waals surface area contributed by atoms with Gasteiger partial charge in [-0.05, 0) is 0 Å². The van der Waals surface area contributed by atoms with Gasteiger partial charge in [0, 0.05) is 0 Å². The Hall–Kier alpha value is -1.61. The summed E-state index contributed by atoms with van der Waals surface area (Å²) in [5, 5.41) is 2.55. The van der Waals surface area contributed by atoms with Crippen molar-refractivity contribution in [3.8, 4) is 11.3 Å². The van der Waals surface area contributed by atoms with Crippen molar-refractivity contribution in [2.75, 3.05) is 0 Å². The first-order valence-corrected chi connectivity index (χ1v) is 14.8. The van der Waals surface area contributed by atoms with Crippen LogP contribution in [0.2, 0.25) is 17.3 Å². The average Bonchev–Trinajstić information content (AvgIpc) is 2.45. The van der Waals surface area contributed by atoms with Gasteiger partial charge in [0.15, 0.2) is 0 Å². The van der Waals surface area contributed by atoms with Crippen LogP contribution < -0.4 is 4.40 Å². The van der Waals surface area contributed by atoms with Crippen molar-refractivity contribution >= 4 is 28.4 Å². The SMILES string of the molecule is Cc1cc(-c2cccc3ccccc23)nc[c]1[Ge]([CH3])([CH3])[CH3]. The van der Waals surface area contributed by atoms with Crippen molar-refractivity contribution in [2.45, 2.75) is 24.2 Å². The molecule has 0 saturated carbocycles. The Bertz CT molecular complexity index is 795. The van der Waals surface area contributed by atoms with Crippen molar-refractivity contribution in [3.05, 3.63) is 60.3 Å². The molecule has 0 aliphatic carbocycles. The van der Waals surface area contributed by atoms with E-state index < -0.39 is 13.3 Å². The average molecular weight is 336 g/mol. The molecule has 0 saturated heterocycles. The molecule has 0 unspecified atom stereocenters. The van der Waals surface area contributed by atoms with Crippen molar-refractivity contribution in [3.63, 3.8) is 0 Å². The van der Waals surface area contributed by atoms with Crippen LogP contribution in [0.25, 0.3) is 22.0 Å². The van der Waals surface area contributed by atoms with E-state index in [2.05, 4.69) is 78.9 Å². The number of rotatable bonds is 2. The molecule has 2 aromatic carbocycles. The standard InChI is InChI=1S/C19H21GeN/c1-14-12-19(21-13-18(14)20(2,3)4)17-11-7-9-15-8-5-6-10-16(15)17/h5-13H,1-4H3. The second-order valence-electron chi connectivity index (χ2n) is 6.66. The Balaban J connectivity index is 2.18. The van der Waals surface area contributed by atoms with Crippen molar-refractivity contribution < 1.29 is 0 Å². The third-order valence-corrected chi connectivity index (χ3v) is 8.47. The Kier molecular flexibility index (Phi) is 3.62. The summed E-state index contributed by atoms with van der Waals surface area (Å²) < 4.78 is 1.50. The molecule has 21 heavy (non-hydrogen) atoms. The maximum atomic E-state index is 4.77. The van der Waals surface area contributed by atoms with E-state index >= 15 is 0 Å². The van der Waals surface area contributed by atoms with Gasteiger partial charge >= 0.3 is 129 Å². The number of fused-ring (bicyclic) bond motifs is 1. The normalized spacial score (nSPS) is 11.8. The first-order chi connectivity index (χ1) is 9.97. The number of benzene rings is 2. The van der Waals surface area contributed by atoms with Crippen LogP contribution >= 0.6 is 0 Å². The van der Waals surface area contributed by atoms with Gasteiger partial charge in [-0.3, -0.25) is 0 Å². The molecule has 0 aliphatic rings. The van der Waals surface area contributed by atoms with Gasteiger partial charge in [-0.1, -0.05) is 0 Å². The van der Waals surface area contributed by atoms with Crippen LogP contribution in [0.3, 0.4) is 0 Å². The molecule has 0 atom stereocenters. The van der Waals surface area contributed by atoms with E-state index in [1.165, 1.54) is 26.3 Å². The summed E-state index contributed by atoms with van der Waals surface area (Å²) in [5.41, 5.74) is 3.70. The molecule has 0 bridgehead atoms. The number of nitrogens with zero attached hydrogens (tertiary/aromatic N) is 1. The minimum atomic E-state index is -1.83. The summed E-state index contributed by atoms with van der Waals surface area (Å²) in [6.07, 6.45) is 2.12. The number of hydrogen-bond donors (Lipinski definition) is 0. The monoisotopic (exact) mass is 337 g/mol. The van der Waals surface area contributed by atoms with Gasteiger partial charge in [0.05, 0.1) is 0 Å². The van der Waals surface area contributed by atoms with Crippen LogP contribution in [-0.4, -0.2) is 18.3 Å². The summed E-state index contributed by atoms with van der Waals surface area (Å²) >= 11 is -1.83. The molecule has 1 nitrogen and oxygen atoms in total. The molecule has 106 valence electrons. The molecule has 2 heteroatoms. The molecule has 0 N–H and O–H groups in total. The van der Waals surface area contributed by atoms with Crippen LogP contribution in [-0.2, 0) is 0 Å². The van der Waals surface area contributed by atoms with E-state index in [0.717, 1.165) is 5.69 Å². The van der Waals surface area contributed by atoms with Gasteiger partial charge in [-0.25, -0.2) is 0 Å². The summed E-state index contributed by atoms with van der Waals surface area (Å²) in [4.78, 5) is 4.77. The molecule has 0 aliphatic heterocycles. The van der Waals surface area contributed by atoms with Crippen LogP contribution in [0.4, 0.5) is 0 Å². The van der Waals surface area contributed by atoms with E-state index in [9.17, 15) is 0 Å². The zero-order chi connectivity index (χ0) is 15.0. The van der Waals surface area contributed by atoms with E-state index in [1.807, 2.05) is 0 Å². The van der Waals surface area contributed by atoms with E-state index in [0.29, 0.717) is 0 Å². The zero-order valence-corrected chi connectivity index (χ0v) is 15.2. The van der Waals surface area contributed by atoms with Gasteiger partial charge < -0.3 is 0 Å². The van der Waals surface area contributed by atoms with E-state index in [4.69, 9.17) is 4.98 Å². The predicted molar refractivity (Wildman–Crippen MR) is 94.9 cm³/mol. The third-order valence-electron chi connectivity index (χ3n) is 3.98. The third kappa shape index (κ3) is 2.75. The summed E-state index contributed by atoms with van der Waals surface area (Å²) in [7, 11) is 0. The topological polar surface area (TPSA) is 12.9 Å². The molecule has 0 radical (unpaired) electrons. The molecule has 1 heterocycles. The Morgan fingerprint density at radius 3 is 2.33 bits per heavy atom. The molecular formula is C19H21GeN. The summed E-state index contributed by atoms with van der Waals surface area (Å²) in [5.74, 6) is 7.25. The number of aromatic nitrogens is 1. The molecule has 3 aromatic rings. The first-order valence-electron chi connectivity index (χ1n) is 7.42. The second-order valence-corrected chi connectivity index (χ2v) is 17.2. The number of pyridine rings is 1. The van der Waals surface area contributed by atoms with Crippen LogP contribution in [0.15, 0.2) is 54.7 Å². The molecule has 0 amide bonds. The second kappa shape index (κ2) is 5.30. The van der Waals surface area contributed by atoms with Gasteiger partial charge in [0.25, 0.3) is 0 Å². The number of hydrogen-bond acceptors (Lipinski definition) is 1. The molecule has 0 spiro atoms. The van der Waals surface area contributed by atoms with Crippen LogP contribution in [0.5, 0.6) is 0 Å². The molecular weight excluding hydrogens is 315 g/mol. The molecule has 1 aromatic heterocycles. The fourth-order valence-corrected chi connectivity index (χ4v) is 6.52. The van der Waals surface area contributed by atoms with Gasteiger partial charge in [-0.2, -0.15) is 0 Å². The Labute approximate surface area is 129 Å². The molecule has 0 fully saturated rings. The fourth-order valence-electron chi connectivity index (χ4n) is 2.94. The summed E-state index contributed by atoms with van der Waals surface area (Å²) in [6, 6.07) is 17.2. The van der Waals surface area contributed by atoms with Gasteiger partial charge in [-0.15, -0.1) is 0 Å². The minimum absolute atomic E-state index is 1.08. The Morgan fingerprint density at radius 1 is 0.905 bits per heavy atom. The fraction of sp³-hybridized carbons (Fsp3) is 0.211.